The molecule has 0 unspecified atom stereocenters. The highest BCUT2D eigenvalue weighted by Gasteiger charge is 2.25. The zero-order chi connectivity index (χ0) is 21.0. The molecule has 5 heteroatoms. The van der Waals surface area contributed by atoms with Gasteiger partial charge in [0.25, 0.3) is 5.70 Å². The van der Waals surface area contributed by atoms with Gasteiger partial charge in [-0.2, -0.15) is 4.57 Å². The Morgan fingerprint density at radius 1 is 0.966 bits per heavy atom. The molecule has 2 N–H and O–H groups in total. The summed E-state index contributed by atoms with van der Waals surface area (Å²) in [6, 6.07) is 20.8. The van der Waals surface area contributed by atoms with Crippen LogP contribution in [0.2, 0.25) is 5.02 Å². The van der Waals surface area contributed by atoms with Crippen molar-refractivity contribution in [3.63, 3.8) is 0 Å². The van der Waals surface area contributed by atoms with E-state index in [1.54, 1.807) is 24.3 Å². The van der Waals surface area contributed by atoms with E-state index in [4.69, 9.17) is 23.8 Å². The molecule has 0 saturated heterocycles. The van der Waals surface area contributed by atoms with Gasteiger partial charge in [0.2, 0.25) is 0 Å². The number of hydrogen-bond donors (Lipinski definition) is 2. The second-order valence-electron chi connectivity index (χ2n) is 7.77. The Morgan fingerprint density at radius 3 is 2.21 bits per heavy atom. The molecule has 0 aliphatic heterocycles. The number of halogens is 1. The van der Waals surface area contributed by atoms with Crippen LogP contribution >= 0.6 is 23.8 Å². The molecule has 3 rings (SSSR count). The Balaban J connectivity index is 2.08. The third-order valence-electron chi connectivity index (χ3n) is 4.52. The summed E-state index contributed by atoms with van der Waals surface area (Å²) in [7, 11) is 0. The van der Waals surface area contributed by atoms with Gasteiger partial charge in [-0.3, -0.25) is 0 Å². The lowest BCUT2D eigenvalue weighted by Gasteiger charge is -2.18. The Hall–Kier alpha value is -2.69. The second kappa shape index (κ2) is 8.76. The molecule has 3 aromatic rings. The molecule has 1 aromatic heterocycles. The first-order valence-electron chi connectivity index (χ1n) is 9.33. The molecule has 1 heterocycles. The molecular formula is C24H24ClN2OS+. The first kappa shape index (κ1) is 21.0. The van der Waals surface area contributed by atoms with Gasteiger partial charge in [-0.1, -0.05) is 74.9 Å². The fourth-order valence-electron chi connectivity index (χ4n) is 2.91. The third-order valence-corrected chi connectivity index (χ3v) is 5.05. The summed E-state index contributed by atoms with van der Waals surface area (Å²) >= 11 is 11.8. The van der Waals surface area contributed by atoms with E-state index in [2.05, 4.69) is 26.1 Å². The van der Waals surface area contributed by atoms with Crippen LogP contribution in [0.15, 0.2) is 79.1 Å². The van der Waals surface area contributed by atoms with Gasteiger partial charge in [0.05, 0.1) is 0 Å². The maximum atomic E-state index is 11.1. The summed E-state index contributed by atoms with van der Waals surface area (Å²) in [6.45, 7) is 6.48. The molecule has 0 bridgehead atoms. The predicted octanol–water partition coefficient (Wildman–Crippen LogP) is 6.25. The van der Waals surface area contributed by atoms with Crippen molar-refractivity contribution < 1.29 is 9.67 Å². The van der Waals surface area contributed by atoms with Crippen LogP contribution in [0.3, 0.4) is 0 Å². The van der Waals surface area contributed by atoms with E-state index < -0.39 is 0 Å². The van der Waals surface area contributed by atoms with Crippen molar-refractivity contribution in [2.24, 2.45) is 0 Å². The number of nitrogens with zero attached hydrogens (tertiary/aromatic N) is 1. The van der Waals surface area contributed by atoms with Crippen molar-refractivity contribution in [2.45, 2.75) is 26.2 Å². The number of anilines is 1. The normalized spacial score (nSPS) is 12.3. The lowest BCUT2D eigenvalue weighted by atomic mass is 9.88. The molecule has 0 fully saturated rings. The zero-order valence-corrected chi connectivity index (χ0v) is 18.3. The Labute approximate surface area is 182 Å². The van der Waals surface area contributed by atoms with E-state index in [0.29, 0.717) is 21.3 Å². The number of rotatable bonds is 4. The van der Waals surface area contributed by atoms with Crippen LogP contribution < -0.4 is 9.88 Å². The molecule has 3 nitrogen and oxygen atoms in total. The lowest BCUT2D eigenvalue weighted by molar-refractivity contribution is -0.575. The zero-order valence-electron chi connectivity index (χ0n) is 16.7. The minimum Gasteiger partial charge on any atom is -0.502 e. The number of aliphatic hydroxyl groups is 1. The van der Waals surface area contributed by atoms with Gasteiger partial charge < -0.3 is 10.4 Å². The van der Waals surface area contributed by atoms with E-state index in [9.17, 15) is 5.11 Å². The first-order valence-corrected chi connectivity index (χ1v) is 10.1. The van der Waals surface area contributed by atoms with E-state index in [-0.39, 0.29) is 11.2 Å². The summed E-state index contributed by atoms with van der Waals surface area (Å²) in [5, 5.41) is 14.9. The van der Waals surface area contributed by atoms with Crippen LogP contribution in [0.4, 0.5) is 5.69 Å². The van der Waals surface area contributed by atoms with Gasteiger partial charge in [0.15, 0.2) is 23.1 Å². The maximum absolute atomic E-state index is 11.1. The van der Waals surface area contributed by atoms with Gasteiger partial charge in [0.1, 0.15) is 0 Å². The number of thiocarbonyl (C=S) groups is 1. The smallest absolute Gasteiger partial charge is 0.288 e. The summed E-state index contributed by atoms with van der Waals surface area (Å²) in [4.78, 5) is 0.405. The molecule has 0 spiro atoms. The number of hydrogen-bond acceptors (Lipinski definition) is 2. The predicted molar refractivity (Wildman–Crippen MR) is 125 cm³/mol. The molecule has 2 aromatic carbocycles. The molecule has 0 atom stereocenters. The molecule has 0 amide bonds. The molecule has 0 radical (unpaired) electrons. The van der Waals surface area contributed by atoms with Crippen molar-refractivity contribution in [1.29, 1.82) is 0 Å². The number of aliphatic hydroxyl groups excluding tert-OH is 1. The number of pyridine rings is 1. The summed E-state index contributed by atoms with van der Waals surface area (Å²) in [6.07, 6.45) is 3.82. The van der Waals surface area contributed by atoms with Crippen LogP contribution in [0, 0.1) is 0 Å². The van der Waals surface area contributed by atoms with Crippen molar-refractivity contribution in [1.82, 2.24) is 0 Å². The number of benzene rings is 2. The van der Waals surface area contributed by atoms with Gasteiger partial charge in [0, 0.05) is 28.4 Å². The highest BCUT2D eigenvalue weighted by molar-refractivity contribution is 7.81. The molecular weight excluding hydrogens is 400 g/mol. The van der Waals surface area contributed by atoms with Gasteiger partial charge in [-0.25, -0.2) is 0 Å². The highest BCUT2D eigenvalue weighted by atomic mass is 35.5. The van der Waals surface area contributed by atoms with Gasteiger partial charge in [-0.05, 0) is 35.2 Å². The molecule has 0 aliphatic carbocycles. The number of aromatic nitrogens is 1. The van der Waals surface area contributed by atoms with Gasteiger partial charge in [-0.15, -0.1) is 0 Å². The Morgan fingerprint density at radius 2 is 1.62 bits per heavy atom. The fraction of sp³-hybridized carbons (Fsp3) is 0.167. The quantitative estimate of drug-likeness (QED) is 0.225. The standard InChI is InChI=1S/C24H23ClN2OS/c1-24(2,3)18-12-14-27(15-13-18)21(22(28)17-8-7-9-19(25)16-17)23(29)26-20-10-5-4-6-11-20/h4-16H,1-3H3,(H-,26,28,29)/p+1. The molecule has 0 aliphatic rings. The van der Waals surface area contributed by atoms with Crippen LogP contribution in [0.25, 0.3) is 11.5 Å². The monoisotopic (exact) mass is 423 g/mol. The average Bonchev–Trinajstić information content (AvgIpc) is 2.68. The third kappa shape index (κ3) is 5.22. The lowest BCUT2D eigenvalue weighted by Crippen LogP contribution is -2.39. The summed E-state index contributed by atoms with van der Waals surface area (Å²) in [5.41, 5.74) is 3.14. The van der Waals surface area contributed by atoms with E-state index >= 15 is 0 Å². The average molecular weight is 424 g/mol. The highest BCUT2D eigenvalue weighted by Crippen LogP contribution is 2.23. The minimum absolute atomic E-state index is 0.0285. The first-order chi connectivity index (χ1) is 13.8. The van der Waals surface area contributed by atoms with Crippen LogP contribution in [-0.2, 0) is 5.41 Å². The molecule has 148 valence electrons. The van der Waals surface area contributed by atoms with Crippen molar-refractivity contribution in [3.05, 3.63) is 95.3 Å². The van der Waals surface area contributed by atoms with Crippen LogP contribution in [-0.4, -0.2) is 10.1 Å². The fourth-order valence-corrected chi connectivity index (χ4v) is 3.42. The van der Waals surface area contributed by atoms with Crippen LogP contribution in [0.5, 0.6) is 0 Å². The number of para-hydroxylation sites is 1. The second-order valence-corrected chi connectivity index (χ2v) is 8.62. The Kier molecular flexibility index (Phi) is 6.36. The van der Waals surface area contributed by atoms with E-state index in [1.807, 2.05) is 59.4 Å². The van der Waals surface area contributed by atoms with Crippen molar-refractivity contribution >= 4 is 46.0 Å². The minimum atomic E-state index is 0.0285. The van der Waals surface area contributed by atoms with Crippen molar-refractivity contribution in [2.75, 3.05) is 5.32 Å². The summed E-state index contributed by atoms with van der Waals surface area (Å²) < 4.78 is 1.82. The van der Waals surface area contributed by atoms with Crippen LogP contribution in [0.1, 0.15) is 31.9 Å². The van der Waals surface area contributed by atoms with E-state index in [0.717, 1.165) is 5.69 Å². The topological polar surface area (TPSA) is 36.1 Å². The maximum Gasteiger partial charge on any atom is 0.288 e. The Bertz CT molecular complexity index is 1040. The molecule has 0 saturated carbocycles. The largest absolute Gasteiger partial charge is 0.502 e. The van der Waals surface area contributed by atoms with Gasteiger partial charge >= 0.3 is 0 Å². The van der Waals surface area contributed by atoms with E-state index in [1.165, 1.54) is 5.56 Å². The molecule has 29 heavy (non-hydrogen) atoms. The number of nitrogens with one attached hydrogen (secondary N) is 1. The SMILES string of the molecule is CC(C)(C)c1cc[n+](C(C(=S)Nc2ccccc2)=C(O)c2cccc(Cl)c2)cc1. The van der Waals surface area contributed by atoms with Crippen molar-refractivity contribution in [3.8, 4) is 0 Å². The summed E-state index contributed by atoms with van der Waals surface area (Å²) in [5.74, 6) is 0.0504.